The van der Waals surface area contributed by atoms with Crippen molar-refractivity contribution in [2.45, 2.75) is 30.7 Å². The number of hydrogen-bond acceptors (Lipinski definition) is 5. The normalized spacial score (nSPS) is 56.5. The Morgan fingerprint density at radius 2 is 1.73 bits per heavy atom. The highest BCUT2D eigenvalue weighted by molar-refractivity contribution is 4.92. The minimum Gasteiger partial charge on any atom is -0.387 e. The van der Waals surface area contributed by atoms with Gasteiger partial charge in [0.25, 0.3) is 0 Å². The van der Waals surface area contributed by atoms with Gasteiger partial charge in [-0.25, -0.2) is 0 Å². The van der Waals surface area contributed by atoms with Gasteiger partial charge in [-0.2, -0.15) is 0 Å². The van der Waals surface area contributed by atoms with Crippen LogP contribution in [0.15, 0.2) is 0 Å². The maximum absolute atomic E-state index is 9.22. The number of hydrogen-bond donors (Lipinski definition) is 3. The second-order valence-electron chi connectivity index (χ2n) is 2.85. The van der Waals surface area contributed by atoms with Crippen LogP contribution >= 0.6 is 0 Å². The molecule has 2 aliphatic rings. The first-order valence-corrected chi connectivity index (χ1v) is 3.51. The summed E-state index contributed by atoms with van der Waals surface area (Å²) in [6.07, 6.45) is -4.58. The molecule has 0 aromatic carbocycles. The van der Waals surface area contributed by atoms with Crippen LogP contribution in [-0.4, -0.2) is 52.6 Å². The van der Waals surface area contributed by atoms with E-state index >= 15 is 0 Å². The molecule has 64 valence electrons. The lowest BCUT2D eigenvalue weighted by molar-refractivity contribution is -0.228. The number of aliphatic hydroxyl groups excluding tert-OH is 3. The quantitative estimate of drug-likeness (QED) is 0.377. The SMILES string of the molecule is O[C@H]1[C@H](O)[C@@H]2OC[C@H](O2)[C@H]1O. The molecule has 2 saturated heterocycles. The molecular weight excluding hydrogens is 152 g/mol. The molecule has 3 N–H and O–H groups in total. The summed E-state index contributed by atoms with van der Waals surface area (Å²) in [4.78, 5) is 0. The third-order valence-corrected chi connectivity index (χ3v) is 2.09. The van der Waals surface area contributed by atoms with Gasteiger partial charge in [0.05, 0.1) is 6.61 Å². The van der Waals surface area contributed by atoms with Gasteiger partial charge >= 0.3 is 0 Å². The van der Waals surface area contributed by atoms with E-state index in [-0.39, 0.29) is 6.61 Å². The van der Waals surface area contributed by atoms with E-state index in [0.717, 1.165) is 0 Å². The largest absolute Gasteiger partial charge is 0.387 e. The van der Waals surface area contributed by atoms with E-state index in [1.807, 2.05) is 0 Å². The summed E-state index contributed by atoms with van der Waals surface area (Å²) in [7, 11) is 0. The summed E-state index contributed by atoms with van der Waals surface area (Å²) >= 11 is 0. The summed E-state index contributed by atoms with van der Waals surface area (Å²) in [5.41, 5.74) is 0. The Morgan fingerprint density at radius 1 is 1.00 bits per heavy atom. The molecule has 2 aliphatic heterocycles. The predicted molar refractivity (Wildman–Crippen MR) is 32.6 cm³/mol. The average Bonchev–Trinajstić information content (AvgIpc) is 2.44. The van der Waals surface area contributed by atoms with Gasteiger partial charge in [-0.15, -0.1) is 0 Å². The Morgan fingerprint density at radius 3 is 2.45 bits per heavy atom. The minimum atomic E-state index is -1.15. The van der Waals surface area contributed by atoms with E-state index in [4.69, 9.17) is 14.6 Å². The molecule has 11 heavy (non-hydrogen) atoms. The molecular formula is C6H10O5. The molecule has 2 bridgehead atoms. The average molecular weight is 162 g/mol. The summed E-state index contributed by atoms with van der Waals surface area (Å²) in [5, 5.41) is 27.6. The van der Waals surface area contributed by atoms with E-state index in [1.165, 1.54) is 0 Å². The smallest absolute Gasteiger partial charge is 0.186 e. The van der Waals surface area contributed by atoms with Gasteiger partial charge < -0.3 is 24.8 Å². The summed E-state index contributed by atoms with van der Waals surface area (Å²) in [5.74, 6) is 0. The van der Waals surface area contributed by atoms with E-state index in [1.54, 1.807) is 0 Å². The molecule has 5 heteroatoms. The molecule has 2 rings (SSSR count). The van der Waals surface area contributed by atoms with Crippen LogP contribution in [-0.2, 0) is 9.47 Å². The molecule has 0 unspecified atom stereocenters. The van der Waals surface area contributed by atoms with Crippen molar-refractivity contribution in [3.63, 3.8) is 0 Å². The van der Waals surface area contributed by atoms with Crippen molar-refractivity contribution >= 4 is 0 Å². The van der Waals surface area contributed by atoms with Crippen LogP contribution in [0.5, 0.6) is 0 Å². The Labute approximate surface area is 63.2 Å². The summed E-state index contributed by atoms with van der Waals surface area (Å²) < 4.78 is 9.95. The molecule has 0 aliphatic carbocycles. The number of fused-ring (bicyclic) bond motifs is 2. The summed E-state index contributed by atoms with van der Waals surface area (Å²) in [6, 6.07) is 0. The maximum atomic E-state index is 9.22. The van der Waals surface area contributed by atoms with Crippen molar-refractivity contribution in [3.8, 4) is 0 Å². The van der Waals surface area contributed by atoms with Gasteiger partial charge in [-0.05, 0) is 0 Å². The van der Waals surface area contributed by atoms with Gasteiger partial charge in [0.15, 0.2) is 6.29 Å². The standard InChI is InChI=1S/C6H10O5/c7-3-2-1-10-6(11-2)5(9)4(3)8/h2-9H,1H2/t2-,3+,4+,5-,6+/m0/s1. The molecule has 5 nitrogen and oxygen atoms in total. The van der Waals surface area contributed by atoms with Crippen LogP contribution in [0, 0.1) is 0 Å². The van der Waals surface area contributed by atoms with E-state index in [0.29, 0.717) is 0 Å². The highest BCUT2D eigenvalue weighted by atomic mass is 16.7. The lowest BCUT2D eigenvalue weighted by atomic mass is 10.0. The summed E-state index contributed by atoms with van der Waals surface area (Å²) in [6.45, 7) is 0.236. The topological polar surface area (TPSA) is 79.2 Å². The number of rotatable bonds is 0. The van der Waals surface area contributed by atoms with Crippen molar-refractivity contribution in [1.82, 2.24) is 0 Å². The molecule has 0 aromatic heterocycles. The van der Waals surface area contributed by atoms with E-state index < -0.39 is 30.7 Å². The molecule has 0 aromatic rings. The predicted octanol–water partition coefficient (Wildman–Crippen LogP) is -2.18. The first-order valence-electron chi connectivity index (χ1n) is 3.51. The minimum absolute atomic E-state index is 0.236. The first-order chi connectivity index (χ1) is 5.20. The number of aliphatic hydroxyl groups is 3. The lowest BCUT2D eigenvalue weighted by Gasteiger charge is -2.32. The third-order valence-electron chi connectivity index (χ3n) is 2.09. The zero-order valence-corrected chi connectivity index (χ0v) is 5.75. The van der Waals surface area contributed by atoms with Crippen molar-refractivity contribution in [1.29, 1.82) is 0 Å². The molecule has 2 heterocycles. The van der Waals surface area contributed by atoms with Crippen LogP contribution in [0.4, 0.5) is 0 Å². The molecule has 0 radical (unpaired) electrons. The Hall–Kier alpha value is -0.200. The molecule has 0 saturated carbocycles. The van der Waals surface area contributed by atoms with E-state index in [2.05, 4.69) is 0 Å². The van der Waals surface area contributed by atoms with Crippen LogP contribution in [0.25, 0.3) is 0 Å². The van der Waals surface area contributed by atoms with Gasteiger partial charge in [0.2, 0.25) is 0 Å². The maximum Gasteiger partial charge on any atom is 0.186 e. The van der Waals surface area contributed by atoms with E-state index in [9.17, 15) is 10.2 Å². The van der Waals surface area contributed by atoms with Crippen molar-refractivity contribution in [2.24, 2.45) is 0 Å². The monoisotopic (exact) mass is 162 g/mol. The van der Waals surface area contributed by atoms with Crippen molar-refractivity contribution in [3.05, 3.63) is 0 Å². The van der Waals surface area contributed by atoms with Gasteiger partial charge in [0, 0.05) is 0 Å². The Kier molecular flexibility index (Phi) is 1.62. The fourth-order valence-corrected chi connectivity index (χ4v) is 1.38. The second kappa shape index (κ2) is 2.40. The van der Waals surface area contributed by atoms with Crippen LogP contribution in [0.2, 0.25) is 0 Å². The lowest BCUT2D eigenvalue weighted by Crippen LogP contribution is -2.53. The van der Waals surface area contributed by atoms with Crippen molar-refractivity contribution < 1.29 is 24.8 Å². The van der Waals surface area contributed by atoms with Crippen LogP contribution in [0.3, 0.4) is 0 Å². The zero-order valence-electron chi connectivity index (χ0n) is 5.75. The molecule has 0 spiro atoms. The Bertz CT molecular complexity index is 141. The zero-order chi connectivity index (χ0) is 8.01. The molecule has 0 amide bonds. The van der Waals surface area contributed by atoms with Crippen LogP contribution < -0.4 is 0 Å². The second-order valence-corrected chi connectivity index (χ2v) is 2.85. The molecule has 2 fully saturated rings. The number of ether oxygens (including phenoxy) is 2. The van der Waals surface area contributed by atoms with Gasteiger partial charge in [0.1, 0.15) is 24.4 Å². The van der Waals surface area contributed by atoms with Crippen LogP contribution in [0.1, 0.15) is 0 Å². The van der Waals surface area contributed by atoms with Gasteiger partial charge in [-0.3, -0.25) is 0 Å². The Balaban J connectivity index is 2.16. The van der Waals surface area contributed by atoms with Crippen molar-refractivity contribution in [2.75, 3.05) is 6.61 Å². The molecule has 5 atom stereocenters. The highest BCUT2D eigenvalue weighted by Gasteiger charge is 2.48. The first kappa shape index (κ1) is 7.45. The fourth-order valence-electron chi connectivity index (χ4n) is 1.38. The fraction of sp³-hybridized carbons (Fsp3) is 1.00. The van der Waals surface area contributed by atoms with Gasteiger partial charge in [-0.1, -0.05) is 0 Å². The third kappa shape index (κ3) is 0.969. The highest BCUT2D eigenvalue weighted by Crippen LogP contribution is 2.27.